The van der Waals surface area contributed by atoms with E-state index in [-0.39, 0.29) is 0 Å². The maximum atomic E-state index is 5.97. The predicted octanol–water partition coefficient (Wildman–Crippen LogP) is 4.69. The molecule has 3 aromatic heterocycles. The molecule has 0 aliphatic rings. The van der Waals surface area contributed by atoms with E-state index in [1.807, 2.05) is 49.6 Å². The third-order valence-corrected chi connectivity index (χ3v) is 4.56. The average Bonchev–Trinajstić information content (AvgIpc) is 3.19. The summed E-state index contributed by atoms with van der Waals surface area (Å²) < 4.78 is 19.2. The van der Waals surface area contributed by atoms with Gasteiger partial charge in [-0.15, -0.1) is 0 Å². The second-order valence-electron chi connectivity index (χ2n) is 6.21. The summed E-state index contributed by atoms with van der Waals surface area (Å²) in [5, 5.41) is 5.72. The second-order valence-corrected chi connectivity index (χ2v) is 6.21. The lowest BCUT2D eigenvalue weighted by atomic mass is 10.0. The van der Waals surface area contributed by atoms with Gasteiger partial charge in [-0.05, 0) is 56.7 Å². The summed E-state index contributed by atoms with van der Waals surface area (Å²) in [7, 11) is 3.34. The van der Waals surface area contributed by atoms with Gasteiger partial charge in [-0.3, -0.25) is 0 Å². The summed E-state index contributed by atoms with van der Waals surface area (Å²) in [6, 6.07) is 10.0. The van der Waals surface area contributed by atoms with Crippen LogP contribution in [-0.2, 0) is 0 Å². The van der Waals surface area contributed by atoms with Crippen LogP contribution in [-0.4, -0.2) is 23.8 Å². The van der Waals surface area contributed by atoms with Crippen molar-refractivity contribution in [1.29, 1.82) is 0 Å². The highest BCUT2D eigenvalue weighted by Gasteiger charge is 2.22. The number of ether oxygens (including phenoxy) is 2. The van der Waals surface area contributed by atoms with Crippen molar-refractivity contribution in [3.8, 4) is 22.8 Å². The highest BCUT2D eigenvalue weighted by atomic mass is 16.5. The minimum absolute atomic E-state index is 0.716. The molecule has 0 N–H and O–H groups in total. The van der Waals surface area contributed by atoms with E-state index in [0.717, 1.165) is 50.5 Å². The first kappa shape index (κ1) is 15.6. The molecular weight excluding hydrogens is 316 g/mol. The Hall–Kier alpha value is -2.95. The molecule has 0 unspecified atom stereocenters. The molecule has 3 heterocycles. The van der Waals surface area contributed by atoms with Gasteiger partial charge in [0.25, 0.3) is 0 Å². The Morgan fingerprint density at radius 2 is 1.80 bits per heavy atom. The number of rotatable bonds is 3. The monoisotopic (exact) mass is 336 g/mol. The van der Waals surface area contributed by atoms with E-state index in [4.69, 9.17) is 19.0 Å². The third-order valence-electron chi connectivity index (χ3n) is 4.56. The standard InChI is InChI=1S/C20H20N2O3/c1-11-10-16(23-4)19-18(20(11)24-5)17(15-9-7-13(3)25-15)14-8-6-12(2)22(14)21-19/h6-10H,1-5H3. The zero-order chi connectivity index (χ0) is 17.7. The van der Waals surface area contributed by atoms with E-state index in [1.165, 1.54) is 0 Å². The molecule has 0 atom stereocenters. The summed E-state index contributed by atoms with van der Waals surface area (Å²) in [4.78, 5) is 0. The lowest BCUT2D eigenvalue weighted by molar-refractivity contribution is 0.407. The quantitative estimate of drug-likeness (QED) is 0.544. The molecule has 25 heavy (non-hydrogen) atoms. The van der Waals surface area contributed by atoms with E-state index in [9.17, 15) is 0 Å². The number of fused-ring (bicyclic) bond motifs is 2. The fraction of sp³-hybridized carbons (Fsp3) is 0.250. The largest absolute Gasteiger partial charge is 0.496 e. The van der Waals surface area contributed by atoms with Crippen LogP contribution in [0.4, 0.5) is 0 Å². The number of nitrogens with zero attached hydrogens (tertiary/aromatic N) is 2. The second kappa shape index (κ2) is 5.55. The van der Waals surface area contributed by atoms with Crippen molar-refractivity contribution in [1.82, 2.24) is 9.61 Å². The fourth-order valence-corrected chi connectivity index (χ4v) is 3.41. The van der Waals surface area contributed by atoms with Crippen LogP contribution in [0.5, 0.6) is 11.5 Å². The highest BCUT2D eigenvalue weighted by molar-refractivity contribution is 6.07. The number of methoxy groups -OCH3 is 2. The Bertz CT molecular complexity index is 1110. The van der Waals surface area contributed by atoms with Crippen LogP contribution in [0.25, 0.3) is 27.7 Å². The zero-order valence-electron chi connectivity index (χ0n) is 15.0. The molecule has 0 bridgehead atoms. The van der Waals surface area contributed by atoms with Gasteiger partial charge in [-0.2, -0.15) is 5.10 Å². The van der Waals surface area contributed by atoms with Crippen molar-refractivity contribution in [3.05, 3.63) is 47.3 Å². The van der Waals surface area contributed by atoms with Crippen LogP contribution in [0.1, 0.15) is 17.0 Å². The maximum Gasteiger partial charge on any atom is 0.147 e. The maximum absolute atomic E-state index is 5.97. The van der Waals surface area contributed by atoms with E-state index in [1.54, 1.807) is 14.2 Å². The van der Waals surface area contributed by atoms with E-state index < -0.39 is 0 Å². The summed E-state index contributed by atoms with van der Waals surface area (Å²) in [6.07, 6.45) is 0. The van der Waals surface area contributed by atoms with Gasteiger partial charge in [-0.25, -0.2) is 4.52 Å². The molecule has 0 fully saturated rings. The number of furan rings is 1. The molecule has 5 heteroatoms. The van der Waals surface area contributed by atoms with Crippen molar-refractivity contribution in [2.75, 3.05) is 14.2 Å². The van der Waals surface area contributed by atoms with Crippen LogP contribution in [0.2, 0.25) is 0 Å². The van der Waals surface area contributed by atoms with E-state index >= 15 is 0 Å². The normalized spacial score (nSPS) is 11.4. The van der Waals surface area contributed by atoms with Gasteiger partial charge >= 0.3 is 0 Å². The molecule has 5 nitrogen and oxygen atoms in total. The fourth-order valence-electron chi connectivity index (χ4n) is 3.41. The van der Waals surface area contributed by atoms with Crippen molar-refractivity contribution in [2.24, 2.45) is 0 Å². The number of benzene rings is 1. The van der Waals surface area contributed by atoms with Crippen molar-refractivity contribution in [3.63, 3.8) is 0 Å². The Morgan fingerprint density at radius 3 is 2.44 bits per heavy atom. The van der Waals surface area contributed by atoms with Crippen LogP contribution < -0.4 is 9.47 Å². The minimum atomic E-state index is 0.716. The highest BCUT2D eigenvalue weighted by Crippen LogP contribution is 2.43. The van der Waals surface area contributed by atoms with Gasteiger partial charge in [0.05, 0.1) is 30.7 Å². The zero-order valence-corrected chi connectivity index (χ0v) is 15.0. The van der Waals surface area contributed by atoms with Gasteiger partial charge in [0.15, 0.2) is 0 Å². The molecule has 4 aromatic rings. The van der Waals surface area contributed by atoms with Crippen LogP contribution in [0.15, 0.2) is 34.7 Å². The molecule has 0 radical (unpaired) electrons. The molecule has 1 aromatic carbocycles. The number of aromatic nitrogens is 2. The molecule has 0 aliphatic carbocycles. The summed E-state index contributed by atoms with van der Waals surface area (Å²) >= 11 is 0. The van der Waals surface area contributed by atoms with Gasteiger partial charge in [0.1, 0.15) is 28.5 Å². The molecule has 0 saturated carbocycles. The molecule has 128 valence electrons. The molecule has 0 spiro atoms. The third kappa shape index (κ3) is 2.19. The van der Waals surface area contributed by atoms with Crippen LogP contribution >= 0.6 is 0 Å². The van der Waals surface area contributed by atoms with Gasteiger partial charge in [0.2, 0.25) is 0 Å². The first-order valence-electron chi connectivity index (χ1n) is 8.15. The van der Waals surface area contributed by atoms with E-state index in [2.05, 4.69) is 6.07 Å². The lowest BCUT2D eigenvalue weighted by Crippen LogP contribution is -2.02. The van der Waals surface area contributed by atoms with Crippen molar-refractivity contribution >= 4 is 16.4 Å². The number of hydrogen-bond donors (Lipinski definition) is 0. The SMILES string of the molecule is COc1cc(C)c(OC)c2c(-c3ccc(C)o3)c3ccc(C)n3nc12. The Labute approximate surface area is 145 Å². The average molecular weight is 336 g/mol. The van der Waals surface area contributed by atoms with Gasteiger partial charge < -0.3 is 13.9 Å². The molecule has 0 amide bonds. The van der Waals surface area contributed by atoms with Crippen molar-refractivity contribution in [2.45, 2.75) is 20.8 Å². The Balaban J connectivity index is 2.30. The number of hydrogen-bond acceptors (Lipinski definition) is 4. The predicted molar refractivity (Wildman–Crippen MR) is 97.7 cm³/mol. The molecule has 4 rings (SSSR count). The first-order valence-corrected chi connectivity index (χ1v) is 8.15. The van der Waals surface area contributed by atoms with Gasteiger partial charge in [-0.1, -0.05) is 0 Å². The minimum Gasteiger partial charge on any atom is -0.496 e. The molecular formula is C20H20N2O3. The molecule has 0 aliphatic heterocycles. The topological polar surface area (TPSA) is 48.9 Å². The van der Waals surface area contributed by atoms with Crippen LogP contribution in [0, 0.1) is 20.8 Å². The smallest absolute Gasteiger partial charge is 0.147 e. The summed E-state index contributed by atoms with van der Waals surface area (Å²) in [6.45, 7) is 5.98. The Kier molecular flexibility index (Phi) is 3.46. The van der Waals surface area contributed by atoms with Crippen LogP contribution in [0.3, 0.4) is 0 Å². The van der Waals surface area contributed by atoms with Gasteiger partial charge in [0, 0.05) is 5.69 Å². The Morgan fingerprint density at radius 1 is 1.00 bits per heavy atom. The van der Waals surface area contributed by atoms with E-state index in [0.29, 0.717) is 5.75 Å². The lowest BCUT2D eigenvalue weighted by Gasteiger charge is -2.16. The first-order chi connectivity index (χ1) is 12.0. The number of aryl methyl sites for hydroxylation is 3. The summed E-state index contributed by atoms with van der Waals surface area (Å²) in [5.74, 6) is 3.15. The van der Waals surface area contributed by atoms with Crippen molar-refractivity contribution < 1.29 is 13.9 Å². The summed E-state index contributed by atoms with van der Waals surface area (Å²) in [5.41, 5.74) is 4.73. The molecule has 0 saturated heterocycles.